The molecule has 0 unspecified atom stereocenters. The highest BCUT2D eigenvalue weighted by Crippen LogP contribution is 2.15. The summed E-state index contributed by atoms with van der Waals surface area (Å²) in [5.41, 5.74) is 14.2. The Morgan fingerprint density at radius 2 is 2.00 bits per heavy atom. The van der Waals surface area contributed by atoms with E-state index in [1.807, 2.05) is 5.32 Å². The van der Waals surface area contributed by atoms with Gasteiger partial charge in [-0.1, -0.05) is 6.07 Å². The summed E-state index contributed by atoms with van der Waals surface area (Å²) in [6.45, 7) is 1.43. The van der Waals surface area contributed by atoms with Crippen molar-refractivity contribution in [3.05, 3.63) is 35.4 Å². The van der Waals surface area contributed by atoms with Gasteiger partial charge in [0.15, 0.2) is 5.71 Å². The SMILES string of the molecule is CC1=C(C(N)=O)C(=O)NC(=O)/C1=N\Nc1cccc(N)c1. The highest BCUT2D eigenvalue weighted by molar-refractivity contribution is 6.52. The van der Waals surface area contributed by atoms with Crippen molar-refractivity contribution in [2.45, 2.75) is 6.92 Å². The van der Waals surface area contributed by atoms with Crippen molar-refractivity contribution in [1.82, 2.24) is 5.32 Å². The van der Waals surface area contributed by atoms with Crippen LogP contribution in [-0.2, 0) is 14.4 Å². The van der Waals surface area contributed by atoms with Crippen LogP contribution in [0.15, 0.2) is 40.5 Å². The Balaban J connectivity index is 2.37. The number of carbonyl (C=O) groups excluding carboxylic acids is 3. The van der Waals surface area contributed by atoms with Crippen molar-refractivity contribution in [2.75, 3.05) is 11.2 Å². The molecular formula is C13H13N5O3. The Bertz CT molecular complexity index is 706. The number of nitrogens with one attached hydrogen (secondary N) is 2. The minimum absolute atomic E-state index is 0.0918. The average Bonchev–Trinajstić information content (AvgIpc) is 2.37. The molecule has 3 amide bonds. The lowest BCUT2D eigenvalue weighted by Gasteiger charge is -2.16. The van der Waals surface area contributed by atoms with Crippen LogP contribution >= 0.6 is 0 Å². The molecular weight excluding hydrogens is 274 g/mol. The van der Waals surface area contributed by atoms with Crippen LogP contribution in [0.3, 0.4) is 0 Å². The van der Waals surface area contributed by atoms with Gasteiger partial charge in [-0.2, -0.15) is 5.10 Å². The molecule has 0 saturated carbocycles. The number of anilines is 2. The number of amides is 3. The maximum Gasteiger partial charge on any atom is 0.278 e. The number of imide groups is 1. The lowest BCUT2D eigenvalue weighted by atomic mass is 9.99. The average molecular weight is 287 g/mol. The number of rotatable bonds is 3. The molecule has 0 radical (unpaired) electrons. The fourth-order valence-electron chi connectivity index (χ4n) is 1.84. The number of hydrazone groups is 1. The second-order valence-electron chi connectivity index (χ2n) is 4.35. The van der Waals surface area contributed by atoms with Crippen molar-refractivity contribution >= 4 is 34.8 Å². The van der Waals surface area contributed by atoms with E-state index in [4.69, 9.17) is 11.5 Å². The van der Waals surface area contributed by atoms with Gasteiger partial charge in [-0.3, -0.25) is 25.1 Å². The number of nitrogens with two attached hydrogens (primary N) is 2. The summed E-state index contributed by atoms with van der Waals surface area (Å²) in [5.74, 6) is -2.46. The zero-order valence-corrected chi connectivity index (χ0v) is 11.1. The normalized spacial score (nSPS) is 16.9. The molecule has 0 bridgehead atoms. The third-order valence-corrected chi connectivity index (χ3v) is 2.83. The van der Waals surface area contributed by atoms with Crippen LogP contribution in [0.1, 0.15) is 6.92 Å². The van der Waals surface area contributed by atoms with E-state index in [2.05, 4.69) is 10.5 Å². The fraction of sp³-hybridized carbons (Fsp3) is 0.0769. The molecule has 1 aromatic rings. The molecule has 0 atom stereocenters. The first-order valence-corrected chi connectivity index (χ1v) is 5.96. The number of nitrogen functional groups attached to an aromatic ring is 1. The molecule has 108 valence electrons. The van der Waals surface area contributed by atoms with Crippen LogP contribution in [0.25, 0.3) is 0 Å². The summed E-state index contributed by atoms with van der Waals surface area (Å²) in [6, 6.07) is 6.71. The molecule has 1 aliphatic rings. The molecule has 0 aromatic heterocycles. The van der Waals surface area contributed by atoms with Crippen LogP contribution < -0.4 is 22.2 Å². The fourth-order valence-corrected chi connectivity index (χ4v) is 1.84. The van der Waals surface area contributed by atoms with Gasteiger partial charge in [-0.25, -0.2) is 0 Å². The van der Waals surface area contributed by atoms with Gasteiger partial charge in [0.05, 0.1) is 5.69 Å². The molecule has 1 aliphatic heterocycles. The van der Waals surface area contributed by atoms with E-state index in [0.29, 0.717) is 11.4 Å². The third-order valence-electron chi connectivity index (χ3n) is 2.83. The Morgan fingerprint density at radius 1 is 1.29 bits per heavy atom. The minimum Gasteiger partial charge on any atom is -0.399 e. The van der Waals surface area contributed by atoms with Crippen molar-refractivity contribution in [1.29, 1.82) is 0 Å². The summed E-state index contributed by atoms with van der Waals surface area (Å²) in [7, 11) is 0. The monoisotopic (exact) mass is 287 g/mol. The summed E-state index contributed by atoms with van der Waals surface area (Å²) < 4.78 is 0. The lowest BCUT2D eigenvalue weighted by molar-refractivity contribution is -0.126. The molecule has 0 saturated heterocycles. The van der Waals surface area contributed by atoms with E-state index in [0.717, 1.165) is 0 Å². The summed E-state index contributed by atoms with van der Waals surface area (Å²) in [6.07, 6.45) is 0. The Hall–Kier alpha value is -3.16. The highest BCUT2D eigenvalue weighted by Gasteiger charge is 2.32. The third kappa shape index (κ3) is 2.89. The number of benzene rings is 1. The van der Waals surface area contributed by atoms with E-state index >= 15 is 0 Å². The first-order chi connectivity index (χ1) is 9.90. The van der Waals surface area contributed by atoms with Gasteiger partial charge in [-0.05, 0) is 25.1 Å². The number of nitrogens with zero attached hydrogens (tertiary/aromatic N) is 1. The van der Waals surface area contributed by atoms with Crippen LogP contribution in [-0.4, -0.2) is 23.4 Å². The molecule has 0 fully saturated rings. The quantitative estimate of drug-likeness (QED) is 0.257. The molecule has 8 nitrogen and oxygen atoms in total. The van der Waals surface area contributed by atoms with Crippen molar-refractivity contribution in [3.63, 3.8) is 0 Å². The van der Waals surface area contributed by atoms with Gasteiger partial charge in [0.1, 0.15) is 5.57 Å². The molecule has 1 heterocycles. The second kappa shape index (κ2) is 5.45. The van der Waals surface area contributed by atoms with Crippen LogP contribution in [0.5, 0.6) is 0 Å². The van der Waals surface area contributed by atoms with Gasteiger partial charge < -0.3 is 11.5 Å². The predicted octanol–water partition coefficient (Wildman–Crippen LogP) is -0.505. The van der Waals surface area contributed by atoms with E-state index in [9.17, 15) is 14.4 Å². The molecule has 21 heavy (non-hydrogen) atoms. The topological polar surface area (TPSA) is 140 Å². The van der Waals surface area contributed by atoms with E-state index in [1.54, 1.807) is 24.3 Å². The van der Waals surface area contributed by atoms with Gasteiger partial charge in [0.25, 0.3) is 17.7 Å². The Labute approximate surface area is 119 Å². The largest absolute Gasteiger partial charge is 0.399 e. The zero-order chi connectivity index (χ0) is 15.6. The molecule has 2 rings (SSSR count). The van der Waals surface area contributed by atoms with Crippen LogP contribution in [0.4, 0.5) is 11.4 Å². The Morgan fingerprint density at radius 3 is 2.62 bits per heavy atom. The highest BCUT2D eigenvalue weighted by atomic mass is 16.2. The first kappa shape index (κ1) is 14.3. The van der Waals surface area contributed by atoms with Crippen LogP contribution in [0, 0.1) is 0 Å². The lowest BCUT2D eigenvalue weighted by Crippen LogP contribution is -2.46. The number of carbonyl (C=O) groups is 3. The van der Waals surface area contributed by atoms with Crippen molar-refractivity contribution in [3.8, 4) is 0 Å². The summed E-state index contributed by atoms with van der Waals surface area (Å²) in [4.78, 5) is 34.5. The Kier molecular flexibility index (Phi) is 3.70. The van der Waals surface area contributed by atoms with Crippen molar-refractivity contribution < 1.29 is 14.4 Å². The second-order valence-corrected chi connectivity index (χ2v) is 4.35. The molecule has 0 spiro atoms. The van der Waals surface area contributed by atoms with Gasteiger partial charge in [0, 0.05) is 11.3 Å². The predicted molar refractivity (Wildman–Crippen MR) is 77.0 cm³/mol. The van der Waals surface area contributed by atoms with Gasteiger partial charge in [-0.15, -0.1) is 0 Å². The number of primary amides is 1. The van der Waals surface area contributed by atoms with E-state index in [-0.39, 0.29) is 16.9 Å². The first-order valence-electron chi connectivity index (χ1n) is 5.96. The maximum absolute atomic E-state index is 11.8. The van der Waals surface area contributed by atoms with Gasteiger partial charge in [0.2, 0.25) is 0 Å². The molecule has 8 heteroatoms. The van der Waals surface area contributed by atoms with E-state index < -0.39 is 17.7 Å². The number of hydrogen-bond donors (Lipinski definition) is 4. The summed E-state index contributed by atoms with van der Waals surface area (Å²) in [5, 5.41) is 5.91. The minimum atomic E-state index is -0.922. The van der Waals surface area contributed by atoms with E-state index in [1.165, 1.54) is 6.92 Å². The number of hydrogen-bond acceptors (Lipinski definition) is 6. The van der Waals surface area contributed by atoms with Gasteiger partial charge >= 0.3 is 0 Å². The van der Waals surface area contributed by atoms with Crippen molar-refractivity contribution in [2.24, 2.45) is 10.8 Å². The standard InChI is InChI=1S/C13H13N5O3/c1-6-9(11(15)19)12(20)16-13(21)10(6)18-17-8-4-2-3-7(14)5-8/h2-5,17H,14H2,1H3,(H2,15,19)(H,16,20,21)/b18-10-. The molecule has 0 aliphatic carbocycles. The molecule has 1 aromatic carbocycles. The summed E-state index contributed by atoms with van der Waals surface area (Å²) >= 11 is 0. The smallest absolute Gasteiger partial charge is 0.278 e. The maximum atomic E-state index is 11.8. The molecule has 6 N–H and O–H groups in total. The zero-order valence-electron chi connectivity index (χ0n) is 11.1. The van der Waals surface area contributed by atoms with Crippen LogP contribution in [0.2, 0.25) is 0 Å².